The molecule has 2 aromatic carbocycles. The van der Waals surface area contributed by atoms with E-state index in [4.69, 9.17) is 5.11 Å². The third kappa shape index (κ3) is 3.72. The van der Waals surface area contributed by atoms with Crippen LogP contribution in [0, 0.1) is 6.92 Å². The number of anilines is 1. The van der Waals surface area contributed by atoms with Crippen LogP contribution in [-0.2, 0) is 10.0 Å². The van der Waals surface area contributed by atoms with E-state index in [-0.39, 0.29) is 22.1 Å². The normalized spacial score (nSPS) is 10.9. The molecule has 0 heterocycles. The summed E-state index contributed by atoms with van der Waals surface area (Å²) in [6.45, 7) is 1.61. The second-order valence-corrected chi connectivity index (χ2v) is 6.73. The van der Waals surface area contributed by atoms with Crippen LogP contribution in [0.2, 0.25) is 0 Å². The van der Waals surface area contributed by atoms with Crippen LogP contribution in [-0.4, -0.2) is 32.4 Å². The van der Waals surface area contributed by atoms with Crippen molar-refractivity contribution in [3.05, 3.63) is 59.2 Å². The van der Waals surface area contributed by atoms with Crippen molar-refractivity contribution in [1.29, 1.82) is 0 Å². The molecule has 0 fully saturated rings. The minimum atomic E-state index is -3.85. The van der Waals surface area contributed by atoms with Gasteiger partial charge in [0.2, 0.25) is 0 Å². The number of carboxylic acids is 1. The summed E-state index contributed by atoms with van der Waals surface area (Å²) in [5.41, 5.74) is 1.19. The Balaban J connectivity index is 2.28. The van der Waals surface area contributed by atoms with Crippen molar-refractivity contribution in [1.82, 2.24) is 5.32 Å². The van der Waals surface area contributed by atoms with Crippen molar-refractivity contribution in [3.8, 4) is 0 Å². The first-order valence-electron chi connectivity index (χ1n) is 6.93. The molecule has 2 aromatic rings. The zero-order valence-corrected chi connectivity index (χ0v) is 13.8. The second-order valence-electron chi connectivity index (χ2n) is 5.04. The minimum absolute atomic E-state index is 0.00290. The maximum atomic E-state index is 12.4. The van der Waals surface area contributed by atoms with Crippen LogP contribution in [0.5, 0.6) is 0 Å². The standard InChI is InChI=1S/C16H16N2O5S/c1-10-9-12(16(20)21)5-8-14(10)18-24(22,23)13-6-3-11(4-7-13)15(19)17-2/h3-9,18H,1-2H3,(H,17,19)(H,20,21). The van der Waals surface area contributed by atoms with E-state index < -0.39 is 16.0 Å². The highest BCUT2D eigenvalue weighted by Gasteiger charge is 2.16. The Morgan fingerprint density at radius 1 is 1.00 bits per heavy atom. The van der Waals surface area contributed by atoms with Crippen LogP contribution < -0.4 is 10.0 Å². The van der Waals surface area contributed by atoms with Gasteiger partial charge in [0, 0.05) is 12.6 Å². The number of sulfonamides is 1. The van der Waals surface area contributed by atoms with Crippen molar-refractivity contribution in [2.24, 2.45) is 0 Å². The number of benzene rings is 2. The summed E-state index contributed by atoms with van der Waals surface area (Å²) < 4.78 is 27.2. The van der Waals surface area contributed by atoms with Gasteiger partial charge in [-0.1, -0.05) is 0 Å². The first-order valence-corrected chi connectivity index (χ1v) is 8.42. The van der Waals surface area contributed by atoms with Crippen molar-refractivity contribution in [2.75, 3.05) is 11.8 Å². The van der Waals surface area contributed by atoms with Crippen molar-refractivity contribution < 1.29 is 23.1 Å². The molecule has 0 radical (unpaired) electrons. The molecule has 0 aliphatic heterocycles. The molecule has 0 aliphatic rings. The number of amides is 1. The van der Waals surface area contributed by atoms with E-state index in [1.165, 1.54) is 49.5 Å². The Kier molecular flexibility index (Phi) is 4.89. The molecule has 1 amide bonds. The first-order chi connectivity index (χ1) is 11.2. The lowest BCUT2D eigenvalue weighted by atomic mass is 10.1. The number of aryl methyl sites for hydroxylation is 1. The monoisotopic (exact) mass is 348 g/mol. The Labute approximate surface area is 139 Å². The van der Waals surface area contributed by atoms with Crippen molar-refractivity contribution in [2.45, 2.75) is 11.8 Å². The molecule has 0 saturated heterocycles. The summed E-state index contributed by atoms with van der Waals surface area (Å²) in [5, 5.41) is 11.4. The minimum Gasteiger partial charge on any atom is -0.478 e. The highest BCUT2D eigenvalue weighted by molar-refractivity contribution is 7.92. The summed E-state index contributed by atoms with van der Waals surface area (Å²) in [6.07, 6.45) is 0. The van der Waals surface area contributed by atoms with Crippen LogP contribution >= 0.6 is 0 Å². The molecular weight excluding hydrogens is 332 g/mol. The van der Waals surface area contributed by atoms with E-state index in [1.54, 1.807) is 6.92 Å². The number of carbonyl (C=O) groups is 2. The largest absolute Gasteiger partial charge is 0.478 e. The predicted molar refractivity (Wildman–Crippen MR) is 88.8 cm³/mol. The number of hydrogen-bond donors (Lipinski definition) is 3. The Morgan fingerprint density at radius 3 is 2.08 bits per heavy atom. The van der Waals surface area contributed by atoms with Crippen molar-refractivity contribution >= 4 is 27.6 Å². The summed E-state index contributed by atoms with van der Waals surface area (Å²) in [5.74, 6) is -1.40. The highest BCUT2D eigenvalue weighted by Crippen LogP contribution is 2.21. The maximum Gasteiger partial charge on any atom is 0.335 e. The van der Waals surface area contributed by atoms with Gasteiger partial charge in [0.25, 0.3) is 15.9 Å². The second kappa shape index (κ2) is 6.71. The average Bonchev–Trinajstić information content (AvgIpc) is 2.55. The lowest BCUT2D eigenvalue weighted by Crippen LogP contribution is -2.18. The number of aromatic carboxylic acids is 1. The zero-order chi connectivity index (χ0) is 17.9. The Hall–Kier alpha value is -2.87. The number of hydrogen-bond acceptors (Lipinski definition) is 4. The van der Waals surface area contributed by atoms with Gasteiger partial charge in [0.05, 0.1) is 16.1 Å². The highest BCUT2D eigenvalue weighted by atomic mass is 32.2. The van der Waals surface area contributed by atoms with Gasteiger partial charge in [-0.05, 0) is 55.0 Å². The Morgan fingerprint density at radius 2 is 1.58 bits per heavy atom. The topological polar surface area (TPSA) is 113 Å². The molecule has 7 nitrogen and oxygen atoms in total. The van der Waals surface area contributed by atoms with Gasteiger partial charge in [-0.2, -0.15) is 0 Å². The van der Waals surface area contributed by atoms with E-state index >= 15 is 0 Å². The molecule has 0 bridgehead atoms. The predicted octanol–water partition coefficient (Wildman–Crippen LogP) is 1.85. The van der Waals surface area contributed by atoms with Crippen LogP contribution in [0.3, 0.4) is 0 Å². The fourth-order valence-corrected chi connectivity index (χ4v) is 3.18. The number of carbonyl (C=O) groups excluding carboxylic acids is 1. The number of carboxylic acid groups (broad SMARTS) is 1. The number of rotatable bonds is 5. The van der Waals surface area contributed by atoms with E-state index in [0.29, 0.717) is 11.1 Å². The summed E-state index contributed by atoms with van der Waals surface area (Å²) in [7, 11) is -2.36. The quantitative estimate of drug-likeness (QED) is 0.763. The Bertz CT molecular complexity index is 889. The molecule has 0 aromatic heterocycles. The smallest absolute Gasteiger partial charge is 0.335 e. The van der Waals surface area contributed by atoms with E-state index in [0.717, 1.165) is 0 Å². The van der Waals surface area contributed by atoms with Gasteiger partial charge in [0.1, 0.15) is 0 Å². The molecule has 8 heteroatoms. The third-order valence-electron chi connectivity index (χ3n) is 3.37. The molecule has 3 N–H and O–H groups in total. The molecule has 2 rings (SSSR count). The van der Waals surface area contributed by atoms with Gasteiger partial charge >= 0.3 is 5.97 Å². The molecule has 0 aliphatic carbocycles. The van der Waals surface area contributed by atoms with Crippen LogP contribution in [0.1, 0.15) is 26.3 Å². The molecule has 0 unspecified atom stereocenters. The van der Waals surface area contributed by atoms with Crippen LogP contribution in [0.4, 0.5) is 5.69 Å². The van der Waals surface area contributed by atoms with Gasteiger partial charge < -0.3 is 10.4 Å². The van der Waals surface area contributed by atoms with E-state index in [1.807, 2.05) is 0 Å². The molecular formula is C16H16N2O5S. The van der Waals surface area contributed by atoms with E-state index in [2.05, 4.69) is 10.0 Å². The third-order valence-corrected chi connectivity index (χ3v) is 4.75. The van der Waals surface area contributed by atoms with E-state index in [9.17, 15) is 18.0 Å². The summed E-state index contributed by atoms with van der Waals surface area (Å²) in [6, 6.07) is 9.58. The SMILES string of the molecule is CNC(=O)c1ccc(S(=O)(=O)Nc2ccc(C(=O)O)cc2C)cc1. The van der Waals surface area contributed by atoms with Gasteiger partial charge in [0.15, 0.2) is 0 Å². The van der Waals surface area contributed by atoms with Gasteiger partial charge in [-0.25, -0.2) is 13.2 Å². The summed E-state index contributed by atoms with van der Waals surface area (Å²) in [4.78, 5) is 22.4. The van der Waals surface area contributed by atoms with Gasteiger partial charge in [-0.15, -0.1) is 0 Å². The molecule has 24 heavy (non-hydrogen) atoms. The van der Waals surface area contributed by atoms with Crippen LogP contribution in [0.15, 0.2) is 47.4 Å². The fraction of sp³-hybridized carbons (Fsp3) is 0.125. The van der Waals surface area contributed by atoms with Crippen LogP contribution in [0.25, 0.3) is 0 Å². The first kappa shape index (κ1) is 17.5. The molecule has 0 spiro atoms. The lowest BCUT2D eigenvalue weighted by Gasteiger charge is -2.11. The average molecular weight is 348 g/mol. The summed E-state index contributed by atoms with van der Waals surface area (Å²) >= 11 is 0. The van der Waals surface area contributed by atoms with Crippen molar-refractivity contribution in [3.63, 3.8) is 0 Å². The molecule has 126 valence electrons. The zero-order valence-electron chi connectivity index (χ0n) is 13.0. The lowest BCUT2D eigenvalue weighted by molar-refractivity contribution is 0.0696. The fourth-order valence-electron chi connectivity index (χ4n) is 2.04. The number of nitrogens with one attached hydrogen (secondary N) is 2. The molecule has 0 atom stereocenters. The maximum absolute atomic E-state index is 12.4. The molecule has 0 saturated carbocycles. The van der Waals surface area contributed by atoms with Gasteiger partial charge in [-0.3, -0.25) is 9.52 Å².